The highest BCUT2D eigenvalue weighted by molar-refractivity contribution is 5.70. The molecule has 82 valence electrons. The normalized spacial score (nSPS) is 19.2. The molecule has 0 aromatic carbocycles. The molecule has 1 aromatic rings. The van der Waals surface area contributed by atoms with E-state index < -0.39 is 5.97 Å². The monoisotopic (exact) mass is 210 g/mol. The fourth-order valence-electron chi connectivity index (χ4n) is 1.87. The lowest BCUT2D eigenvalue weighted by Gasteiger charge is -2.29. The summed E-state index contributed by atoms with van der Waals surface area (Å²) >= 11 is 0. The van der Waals surface area contributed by atoms with Gasteiger partial charge >= 0.3 is 5.97 Å². The second-order valence-electron chi connectivity index (χ2n) is 3.85. The van der Waals surface area contributed by atoms with Gasteiger partial charge in [0, 0.05) is 12.7 Å². The maximum atomic E-state index is 10.7. The molecule has 0 aliphatic carbocycles. The van der Waals surface area contributed by atoms with Crippen molar-refractivity contribution in [2.45, 2.75) is 19.4 Å². The van der Waals surface area contributed by atoms with E-state index in [-0.39, 0.29) is 5.92 Å². The standard InChI is InChI=1S/C9H14N4O2/c14-9(15)7-1-3-13(4-2-7)6-8-5-10-12-11-8/h5,7H,1-4,6H2,(H,14,15)(H,10,11,12). The molecule has 6 heteroatoms. The van der Waals surface area contributed by atoms with Crippen LogP contribution in [0.1, 0.15) is 18.5 Å². The molecular formula is C9H14N4O2. The van der Waals surface area contributed by atoms with Crippen LogP contribution < -0.4 is 0 Å². The van der Waals surface area contributed by atoms with E-state index >= 15 is 0 Å². The first-order chi connectivity index (χ1) is 7.25. The number of nitrogens with one attached hydrogen (secondary N) is 1. The first-order valence-corrected chi connectivity index (χ1v) is 5.06. The molecule has 15 heavy (non-hydrogen) atoms. The van der Waals surface area contributed by atoms with Crippen LogP contribution in [0.4, 0.5) is 0 Å². The first kappa shape index (κ1) is 10.1. The Hall–Kier alpha value is -1.43. The number of aromatic amines is 1. The van der Waals surface area contributed by atoms with Crippen LogP contribution in [0.15, 0.2) is 6.20 Å². The smallest absolute Gasteiger partial charge is 0.306 e. The van der Waals surface area contributed by atoms with Crippen molar-refractivity contribution in [2.24, 2.45) is 5.92 Å². The van der Waals surface area contributed by atoms with E-state index in [4.69, 9.17) is 5.11 Å². The average molecular weight is 210 g/mol. The lowest BCUT2D eigenvalue weighted by atomic mass is 9.97. The van der Waals surface area contributed by atoms with Crippen LogP contribution in [0.5, 0.6) is 0 Å². The second kappa shape index (κ2) is 4.39. The van der Waals surface area contributed by atoms with Crippen molar-refractivity contribution in [3.05, 3.63) is 11.9 Å². The number of piperidine rings is 1. The summed E-state index contributed by atoms with van der Waals surface area (Å²) in [4.78, 5) is 12.9. The van der Waals surface area contributed by atoms with Gasteiger partial charge in [-0.2, -0.15) is 0 Å². The molecule has 0 spiro atoms. The molecule has 1 aliphatic heterocycles. The SMILES string of the molecule is O=C(O)C1CCN(Cc2c[nH]nn2)CC1. The fourth-order valence-corrected chi connectivity index (χ4v) is 1.87. The van der Waals surface area contributed by atoms with E-state index in [2.05, 4.69) is 20.3 Å². The van der Waals surface area contributed by atoms with E-state index in [1.807, 2.05) is 0 Å². The van der Waals surface area contributed by atoms with Gasteiger partial charge in [-0.3, -0.25) is 14.8 Å². The highest BCUT2D eigenvalue weighted by atomic mass is 16.4. The maximum absolute atomic E-state index is 10.7. The molecule has 0 bridgehead atoms. The number of hydrogen-bond acceptors (Lipinski definition) is 4. The maximum Gasteiger partial charge on any atom is 0.306 e. The summed E-state index contributed by atoms with van der Waals surface area (Å²) < 4.78 is 0. The topological polar surface area (TPSA) is 82.1 Å². The Balaban J connectivity index is 1.81. The van der Waals surface area contributed by atoms with Crippen LogP contribution in [0.3, 0.4) is 0 Å². The molecule has 0 amide bonds. The molecule has 0 radical (unpaired) electrons. The van der Waals surface area contributed by atoms with Gasteiger partial charge in [-0.05, 0) is 25.9 Å². The predicted octanol–water partition coefficient (Wildman–Crippen LogP) is 0.101. The summed E-state index contributed by atoms with van der Waals surface area (Å²) in [7, 11) is 0. The molecule has 0 saturated carbocycles. The van der Waals surface area contributed by atoms with E-state index in [1.54, 1.807) is 6.20 Å². The lowest BCUT2D eigenvalue weighted by Crippen LogP contribution is -2.35. The quantitative estimate of drug-likeness (QED) is 0.739. The van der Waals surface area contributed by atoms with Gasteiger partial charge in [0.15, 0.2) is 0 Å². The Kier molecular flexibility index (Phi) is 2.96. The minimum Gasteiger partial charge on any atom is -0.481 e. The summed E-state index contributed by atoms with van der Waals surface area (Å²) in [5.74, 6) is -0.838. The van der Waals surface area contributed by atoms with Gasteiger partial charge in [0.2, 0.25) is 0 Å². The number of likely N-dealkylation sites (tertiary alicyclic amines) is 1. The summed E-state index contributed by atoms with van der Waals surface area (Å²) in [5, 5.41) is 19.0. The fraction of sp³-hybridized carbons (Fsp3) is 0.667. The van der Waals surface area contributed by atoms with Gasteiger partial charge in [-0.1, -0.05) is 5.21 Å². The highest BCUT2D eigenvalue weighted by Crippen LogP contribution is 2.18. The Morgan fingerprint density at radius 1 is 1.60 bits per heavy atom. The number of nitrogens with zero attached hydrogens (tertiary/aromatic N) is 3. The van der Waals surface area contributed by atoms with E-state index in [0.717, 1.165) is 38.2 Å². The van der Waals surface area contributed by atoms with Gasteiger partial charge < -0.3 is 5.11 Å². The largest absolute Gasteiger partial charge is 0.481 e. The molecule has 1 aliphatic rings. The second-order valence-corrected chi connectivity index (χ2v) is 3.85. The lowest BCUT2D eigenvalue weighted by molar-refractivity contribution is -0.143. The average Bonchev–Trinajstić information content (AvgIpc) is 2.71. The number of carbonyl (C=O) groups is 1. The van der Waals surface area contributed by atoms with Crippen LogP contribution in [-0.2, 0) is 11.3 Å². The van der Waals surface area contributed by atoms with Gasteiger partial charge in [-0.25, -0.2) is 0 Å². The molecule has 2 rings (SSSR count). The Morgan fingerprint density at radius 2 is 2.33 bits per heavy atom. The van der Waals surface area contributed by atoms with Crippen LogP contribution >= 0.6 is 0 Å². The van der Waals surface area contributed by atoms with Crippen molar-refractivity contribution in [3.8, 4) is 0 Å². The summed E-state index contributed by atoms with van der Waals surface area (Å²) in [6.07, 6.45) is 3.23. The number of rotatable bonds is 3. The van der Waals surface area contributed by atoms with Crippen molar-refractivity contribution in [3.63, 3.8) is 0 Å². The van der Waals surface area contributed by atoms with Gasteiger partial charge in [0.25, 0.3) is 0 Å². The van der Waals surface area contributed by atoms with Crippen molar-refractivity contribution in [2.75, 3.05) is 13.1 Å². The Labute approximate surface area is 87.3 Å². The zero-order chi connectivity index (χ0) is 10.7. The van der Waals surface area contributed by atoms with E-state index in [1.165, 1.54) is 0 Å². The molecule has 2 heterocycles. The molecule has 0 atom stereocenters. The molecule has 1 saturated heterocycles. The van der Waals surface area contributed by atoms with Crippen molar-refractivity contribution >= 4 is 5.97 Å². The third-order valence-corrected chi connectivity index (χ3v) is 2.79. The summed E-state index contributed by atoms with van der Waals surface area (Å²) in [6, 6.07) is 0. The van der Waals surface area contributed by atoms with Crippen molar-refractivity contribution < 1.29 is 9.90 Å². The van der Waals surface area contributed by atoms with Crippen LogP contribution in [-0.4, -0.2) is 44.5 Å². The number of carboxylic acid groups (broad SMARTS) is 1. The molecular weight excluding hydrogens is 196 g/mol. The Bertz CT molecular complexity index is 317. The summed E-state index contributed by atoms with van der Waals surface area (Å²) in [5.41, 5.74) is 0.906. The first-order valence-electron chi connectivity index (χ1n) is 5.06. The van der Waals surface area contributed by atoms with E-state index in [9.17, 15) is 4.79 Å². The van der Waals surface area contributed by atoms with Gasteiger partial charge in [0.1, 0.15) is 0 Å². The van der Waals surface area contributed by atoms with Crippen LogP contribution in [0.25, 0.3) is 0 Å². The minimum atomic E-state index is -0.670. The Morgan fingerprint density at radius 3 is 2.87 bits per heavy atom. The van der Waals surface area contributed by atoms with Crippen LogP contribution in [0.2, 0.25) is 0 Å². The molecule has 1 aromatic heterocycles. The molecule has 1 fully saturated rings. The number of H-pyrrole nitrogens is 1. The molecule has 6 nitrogen and oxygen atoms in total. The number of carboxylic acids is 1. The highest BCUT2D eigenvalue weighted by Gasteiger charge is 2.24. The number of aromatic nitrogens is 3. The molecule has 0 unspecified atom stereocenters. The van der Waals surface area contributed by atoms with E-state index in [0.29, 0.717) is 0 Å². The minimum absolute atomic E-state index is 0.168. The zero-order valence-corrected chi connectivity index (χ0v) is 8.39. The van der Waals surface area contributed by atoms with Gasteiger partial charge in [-0.15, -0.1) is 5.10 Å². The zero-order valence-electron chi connectivity index (χ0n) is 8.39. The van der Waals surface area contributed by atoms with Crippen molar-refractivity contribution in [1.82, 2.24) is 20.3 Å². The van der Waals surface area contributed by atoms with Crippen molar-refractivity contribution in [1.29, 1.82) is 0 Å². The third-order valence-electron chi connectivity index (χ3n) is 2.79. The summed E-state index contributed by atoms with van der Waals surface area (Å²) in [6.45, 7) is 2.40. The number of hydrogen-bond donors (Lipinski definition) is 2. The molecule has 2 N–H and O–H groups in total. The third kappa shape index (κ3) is 2.53. The number of aliphatic carboxylic acids is 1. The predicted molar refractivity (Wildman–Crippen MR) is 52.0 cm³/mol. The van der Waals surface area contributed by atoms with Crippen LogP contribution in [0, 0.1) is 5.92 Å². The van der Waals surface area contributed by atoms with Gasteiger partial charge in [0.05, 0.1) is 11.6 Å².